The summed E-state index contributed by atoms with van der Waals surface area (Å²) in [6, 6.07) is 13.4. The molecule has 0 aliphatic heterocycles. The number of hydroxylamine groups is 2. The van der Waals surface area contributed by atoms with Crippen LogP contribution in [0.4, 0.5) is 0 Å². The molecule has 7 heteroatoms. The summed E-state index contributed by atoms with van der Waals surface area (Å²) in [5.74, 6) is 0.840. The van der Waals surface area contributed by atoms with Gasteiger partial charge in [0.2, 0.25) is 0 Å². The summed E-state index contributed by atoms with van der Waals surface area (Å²) in [6.45, 7) is 6.44. The number of aryl methyl sites for hydroxylation is 1. The predicted octanol–water partition coefficient (Wildman–Crippen LogP) is 6.80. The summed E-state index contributed by atoms with van der Waals surface area (Å²) >= 11 is 1.63. The number of ether oxygens (including phenoxy) is 1. The van der Waals surface area contributed by atoms with Gasteiger partial charge in [-0.25, -0.2) is 4.79 Å². The zero-order chi connectivity index (χ0) is 28.0. The van der Waals surface area contributed by atoms with E-state index in [1.54, 1.807) is 11.8 Å². The Morgan fingerprint density at radius 3 is 2.56 bits per heavy atom. The summed E-state index contributed by atoms with van der Waals surface area (Å²) < 4.78 is 4.96. The van der Waals surface area contributed by atoms with Crippen molar-refractivity contribution >= 4 is 23.6 Å². The third-order valence-corrected chi connectivity index (χ3v) is 8.16. The molecular formula is C32H46N2O4S. The van der Waals surface area contributed by atoms with Gasteiger partial charge in [-0.2, -0.15) is 16.8 Å². The van der Waals surface area contributed by atoms with Crippen molar-refractivity contribution in [2.45, 2.75) is 77.8 Å². The molecule has 1 saturated carbocycles. The van der Waals surface area contributed by atoms with Gasteiger partial charge in [0, 0.05) is 18.7 Å². The first kappa shape index (κ1) is 31.2. The monoisotopic (exact) mass is 554 g/mol. The van der Waals surface area contributed by atoms with Crippen molar-refractivity contribution in [2.24, 2.45) is 5.92 Å². The molecule has 214 valence electrons. The van der Waals surface area contributed by atoms with Crippen molar-refractivity contribution in [3.05, 3.63) is 59.2 Å². The lowest BCUT2D eigenvalue weighted by Crippen LogP contribution is -2.42. The van der Waals surface area contributed by atoms with E-state index in [1.807, 2.05) is 36.6 Å². The van der Waals surface area contributed by atoms with Crippen LogP contribution in [-0.2, 0) is 20.9 Å². The zero-order valence-corrected chi connectivity index (χ0v) is 25.0. The minimum atomic E-state index is -0.683. The van der Waals surface area contributed by atoms with Crippen LogP contribution >= 0.6 is 11.8 Å². The topological polar surface area (TPSA) is 67.9 Å². The second-order valence-corrected chi connectivity index (χ2v) is 11.5. The molecule has 6 nitrogen and oxygen atoms in total. The predicted molar refractivity (Wildman–Crippen MR) is 161 cm³/mol. The smallest absolute Gasteiger partial charge is 0.328 e. The van der Waals surface area contributed by atoms with Crippen molar-refractivity contribution in [3.8, 4) is 11.1 Å². The summed E-state index contributed by atoms with van der Waals surface area (Å²) in [5.41, 5.74) is 4.60. The number of benzene rings is 2. The normalized spacial score (nSPS) is 14.8. The molecule has 1 fully saturated rings. The summed E-state index contributed by atoms with van der Waals surface area (Å²) in [6.07, 6.45) is 11.3. The van der Waals surface area contributed by atoms with Crippen LogP contribution in [0.2, 0.25) is 0 Å². The molecule has 0 spiro atoms. The number of carbonyl (C=O) groups is 2. The molecule has 0 aromatic heterocycles. The van der Waals surface area contributed by atoms with Crippen LogP contribution in [0.5, 0.6) is 0 Å². The van der Waals surface area contributed by atoms with Crippen LogP contribution < -0.4 is 5.32 Å². The van der Waals surface area contributed by atoms with Gasteiger partial charge in [-0.3, -0.25) is 9.63 Å². The molecule has 39 heavy (non-hydrogen) atoms. The highest BCUT2D eigenvalue weighted by Gasteiger charge is 2.24. The van der Waals surface area contributed by atoms with Crippen LogP contribution in [0.15, 0.2) is 42.5 Å². The van der Waals surface area contributed by atoms with Crippen molar-refractivity contribution in [1.29, 1.82) is 0 Å². The number of methoxy groups -OCH3 is 1. The molecule has 3 rings (SSSR count). The largest absolute Gasteiger partial charge is 0.467 e. The molecule has 2 aromatic carbocycles. The van der Waals surface area contributed by atoms with Crippen LogP contribution in [0, 0.1) is 12.8 Å². The Bertz CT molecular complexity index is 1050. The maximum Gasteiger partial charge on any atom is 0.328 e. The molecule has 1 aliphatic carbocycles. The van der Waals surface area contributed by atoms with Crippen molar-refractivity contribution in [3.63, 3.8) is 0 Å². The molecule has 0 heterocycles. The highest BCUT2D eigenvalue weighted by Crippen LogP contribution is 2.30. The molecule has 1 unspecified atom stereocenters. The highest BCUT2D eigenvalue weighted by atomic mass is 32.2. The Kier molecular flexibility index (Phi) is 13.3. The van der Waals surface area contributed by atoms with Gasteiger partial charge in [0.05, 0.1) is 13.7 Å². The standard InChI is InChI=1S/C32H46N2O4S/c1-5-20-38-34(19-17-25-12-7-6-8-13-25)23-26-15-16-28(29(22-26)27-14-10-9-11-24(27)2)31(35)33-30(18-21-39-4)32(36)37-3/h9-11,14-16,22,25,30H,5-8,12-13,17-21,23H2,1-4H3,(H,33,35). The Balaban J connectivity index is 1.86. The van der Waals surface area contributed by atoms with Gasteiger partial charge in [0.15, 0.2) is 0 Å². The van der Waals surface area contributed by atoms with E-state index in [1.165, 1.54) is 39.2 Å². The maximum atomic E-state index is 13.5. The molecule has 1 N–H and O–H groups in total. The average Bonchev–Trinajstić information content (AvgIpc) is 2.96. The number of hydrogen-bond acceptors (Lipinski definition) is 6. The molecule has 0 bridgehead atoms. The van der Waals surface area contributed by atoms with Gasteiger partial charge in [-0.05, 0) is 78.5 Å². The van der Waals surface area contributed by atoms with Crippen LogP contribution in [-0.4, -0.2) is 55.3 Å². The SMILES string of the molecule is CCCON(CCC1CCCCC1)Cc1ccc(C(=O)NC(CCSC)C(=O)OC)c(-c2ccccc2C)c1. The van der Waals surface area contributed by atoms with E-state index in [0.717, 1.165) is 53.3 Å². The van der Waals surface area contributed by atoms with Crippen molar-refractivity contribution in [2.75, 3.05) is 32.3 Å². The fraction of sp³-hybridized carbons (Fsp3) is 0.562. The number of amides is 1. The van der Waals surface area contributed by atoms with Crippen molar-refractivity contribution < 1.29 is 19.2 Å². The summed E-state index contributed by atoms with van der Waals surface area (Å²) in [7, 11) is 1.36. The Morgan fingerprint density at radius 2 is 1.87 bits per heavy atom. The van der Waals surface area contributed by atoms with E-state index in [4.69, 9.17) is 9.57 Å². The third kappa shape index (κ3) is 9.66. The van der Waals surface area contributed by atoms with Gasteiger partial charge >= 0.3 is 5.97 Å². The van der Waals surface area contributed by atoms with E-state index >= 15 is 0 Å². The number of nitrogens with zero attached hydrogens (tertiary/aromatic N) is 1. The number of carbonyl (C=O) groups excluding carboxylic acids is 2. The number of esters is 1. The minimum Gasteiger partial charge on any atom is -0.467 e. The number of thioether (sulfide) groups is 1. The summed E-state index contributed by atoms with van der Waals surface area (Å²) in [5, 5.41) is 5.03. The van der Waals surface area contributed by atoms with E-state index < -0.39 is 12.0 Å². The maximum absolute atomic E-state index is 13.5. The van der Waals surface area contributed by atoms with Gasteiger partial charge < -0.3 is 10.1 Å². The number of rotatable bonds is 15. The van der Waals surface area contributed by atoms with E-state index in [2.05, 4.69) is 36.4 Å². The van der Waals surface area contributed by atoms with E-state index in [-0.39, 0.29) is 5.91 Å². The minimum absolute atomic E-state index is 0.271. The quantitative estimate of drug-likeness (QED) is 0.193. The van der Waals surface area contributed by atoms with Gasteiger partial charge in [0.25, 0.3) is 5.91 Å². The first-order valence-electron chi connectivity index (χ1n) is 14.4. The third-order valence-electron chi connectivity index (χ3n) is 7.51. The van der Waals surface area contributed by atoms with Gasteiger partial charge in [-0.15, -0.1) is 0 Å². The Labute approximate surface area is 239 Å². The van der Waals surface area contributed by atoms with E-state index in [9.17, 15) is 9.59 Å². The number of hydrogen-bond donors (Lipinski definition) is 1. The zero-order valence-electron chi connectivity index (χ0n) is 24.2. The molecule has 2 aromatic rings. The molecular weight excluding hydrogens is 508 g/mol. The average molecular weight is 555 g/mol. The second kappa shape index (κ2) is 16.7. The highest BCUT2D eigenvalue weighted by molar-refractivity contribution is 7.98. The molecule has 1 amide bonds. The lowest BCUT2D eigenvalue weighted by atomic mass is 9.87. The first-order chi connectivity index (χ1) is 19.0. The molecule has 1 atom stereocenters. The summed E-state index contributed by atoms with van der Waals surface area (Å²) in [4.78, 5) is 32.1. The van der Waals surface area contributed by atoms with Crippen LogP contribution in [0.25, 0.3) is 11.1 Å². The van der Waals surface area contributed by atoms with E-state index in [0.29, 0.717) is 25.1 Å². The molecule has 1 aliphatic rings. The lowest BCUT2D eigenvalue weighted by Gasteiger charge is -2.27. The fourth-order valence-electron chi connectivity index (χ4n) is 5.26. The number of nitrogens with one attached hydrogen (secondary N) is 1. The second-order valence-electron chi connectivity index (χ2n) is 10.5. The fourth-order valence-corrected chi connectivity index (χ4v) is 5.74. The van der Waals surface area contributed by atoms with Crippen LogP contribution in [0.1, 0.15) is 79.8 Å². The molecule has 0 radical (unpaired) electrons. The first-order valence-corrected chi connectivity index (χ1v) is 15.8. The Morgan fingerprint density at radius 1 is 1.10 bits per heavy atom. The van der Waals surface area contributed by atoms with Gasteiger partial charge in [0.1, 0.15) is 6.04 Å². The molecule has 0 saturated heterocycles. The van der Waals surface area contributed by atoms with Crippen LogP contribution in [0.3, 0.4) is 0 Å². The lowest BCUT2D eigenvalue weighted by molar-refractivity contribution is -0.168. The van der Waals surface area contributed by atoms with Gasteiger partial charge in [-0.1, -0.05) is 69.4 Å². The Hall–Kier alpha value is -2.35. The van der Waals surface area contributed by atoms with Crippen molar-refractivity contribution in [1.82, 2.24) is 10.4 Å².